The SMILES string of the molecule is O=C(O)C(CCN(CCCF)CCCCc1ccc2c(n1)NCCC2)Nc1ncc(Br)cn1. The first-order chi connectivity index (χ1) is 16.0. The smallest absolute Gasteiger partial charge is 0.326 e. The normalized spacial score (nSPS) is 13.9. The number of nitrogens with zero attached hydrogens (tertiary/aromatic N) is 4. The minimum Gasteiger partial charge on any atom is -0.480 e. The van der Waals surface area contributed by atoms with Crippen LogP contribution in [0.15, 0.2) is 29.0 Å². The summed E-state index contributed by atoms with van der Waals surface area (Å²) in [6.07, 6.45) is 9.00. The number of carbonyl (C=O) groups is 1. The molecular weight excluding hydrogens is 491 g/mol. The number of unbranched alkanes of at least 4 members (excludes halogenated alkanes) is 1. The number of anilines is 2. The zero-order valence-electron chi connectivity index (χ0n) is 18.8. The highest BCUT2D eigenvalue weighted by Crippen LogP contribution is 2.20. The Labute approximate surface area is 202 Å². The molecule has 180 valence electrons. The van der Waals surface area contributed by atoms with Crippen LogP contribution in [0.4, 0.5) is 16.2 Å². The Kier molecular flexibility index (Phi) is 10.3. The summed E-state index contributed by atoms with van der Waals surface area (Å²) in [6, 6.07) is 3.47. The van der Waals surface area contributed by atoms with Crippen molar-refractivity contribution in [3.63, 3.8) is 0 Å². The highest BCUT2D eigenvalue weighted by molar-refractivity contribution is 9.10. The quantitative estimate of drug-likeness (QED) is 0.320. The molecule has 33 heavy (non-hydrogen) atoms. The van der Waals surface area contributed by atoms with E-state index < -0.39 is 12.0 Å². The highest BCUT2D eigenvalue weighted by Gasteiger charge is 2.20. The largest absolute Gasteiger partial charge is 0.480 e. The Hall–Kier alpha value is -2.33. The summed E-state index contributed by atoms with van der Waals surface area (Å²) in [5.41, 5.74) is 2.38. The average molecular weight is 523 g/mol. The minimum absolute atomic E-state index is 0.271. The molecule has 1 atom stereocenters. The first-order valence-electron chi connectivity index (χ1n) is 11.5. The zero-order valence-corrected chi connectivity index (χ0v) is 20.4. The Morgan fingerprint density at radius 2 is 2.00 bits per heavy atom. The van der Waals surface area contributed by atoms with Crippen LogP contribution < -0.4 is 10.6 Å². The first-order valence-corrected chi connectivity index (χ1v) is 12.3. The number of hydrogen-bond donors (Lipinski definition) is 3. The van der Waals surface area contributed by atoms with Crippen LogP contribution in [0, 0.1) is 0 Å². The van der Waals surface area contributed by atoms with Crippen molar-refractivity contribution in [2.45, 2.75) is 51.0 Å². The van der Waals surface area contributed by atoms with E-state index in [0.717, 1.165) is 61.2 Å². The van der Waals surface area contributed by atoms with Crippen molar-refractivity contribution < 1.29 is 14.3 Å². The van der Waals surface area contributed by atoms with Crippen LogP contribution in [0.2, 0.25) is 0 Å². The van der Waals surface area contributed by atoms with Crippen LogP contribution in [0.1, 0.15) is 43.4 Å². The molecule has 0 aliphatic carbocycles. The standard InChI is InChI=1S/C23H32BrFN6O2/c24-18-15-27-23(28-16-18)30-20(22(32)33)9-14-31(13-4-10-25)12-2-1-6-19-8-7-17-5-3-11-26-21(17)29-19/h7-8,15-16,20H,1-6,9-14H2,(H,26,29)(H,32,33)(H,27,28,30). The number of rotatable bonds is 14. The fourth-order valence-corrected chi connectivity index (χ4v) is 4.08. The van der Waals surface area contributed by atoms with Crippen molar-refractivity contribution in [2.24, 2.45) is 0 Å². The Bertz CT molecular complexity index is 886. The third-order valence-corrected chi connectivity index (χ3v) is 6.08. The summed E-state index contributed by atoms with van der Waals surface area (Å²) in [6.45, 7) is 2.56. The van der Waals surface area contributed by atoms with Crippen molar-refractivity contribution >= 4 is 33.7 Å². The van der Waals surface area contributed by atoms with Crippen LogP contribution in [-0.4, -0.2) is 69.8 Å². The van der Waals surface area contributed by atoms with Crippen molar-refractivity contribution in [2.75, 3.05) is 43.5 Å². The number of nitrogens with one attached hydrogen (secondary N) is 2. The molecule has 1 aliphatic rings. The van der Waals surface area contributed by atoms with Gasteiger partial charge >= 0.3 is 5.97 Å². The molecule has 0 fully saturated rings. The van der Waals surface area contributed by atoms with Crippen LogP contribution >= 0.6 is 15.9 Å². The van der Waals surface area contributed by atoms with E-state index in [1.54, 1.807) is 12.4 Å². The average Bonchev–Trinajstić information content (AvgIpc) is 2.83. The van der Waals surface area contributed by atoms with Gasteiger partial charge in [0, 0.05) is 37.7 Å². The number of pyridine rings is 1. The maximum Gasteiger partial charge on any atom is 0.326 e. The molecule has 2 aromatic rings. The summed E-state index contributed by atoms with van der Waals surface area (Å²) in [5.74, 6) is 0.331. The molecular formula is C23H32BrFN6O2. The lowest BCUT2D eigenvalue weighted by molar-refractivity contribution is -0.138. The lowest BCUT2D eigenvalue weighted by Gasteiger charge is -2.24. The van der Waals surface area contributed by atoms with Crippen molar-refractivity contribution in [3.8, 4) is 0 Å². The van der Waals surface area contributed by atoms with Gasteiger partial charge in [0.25, 0.3) is 0 Å². The molecule has 0 aromatic carbocycles. The molecule has 8 nitrogen and oxygen atoms in total. The van der Waals surface area contributed by atoms with E-state index in [1.165, 1.54) is 5.56 Å². The predicted octanol–water partition coefficient (Wildman–Crippen LogP) is 3.93. The van der Waals surface area contributed by atoms with Gasteiger partial charge in [-0.15, -0.1) is 0 Å². The maximum absolute atomic E-state index is 12.8. The van der Waals surface area contributed by atoms with Gasteiger partial charge in [0.15, 0.2) is 0 Å². The minimum atomic E-state index is -0.959. The molecule has 3 N–H and O–H groups in total. The van der Waals surface area contributed by atoms with Gasteiger partial charge < -0.3 is 20.6 Å². The summed E-state index contributed by atoms with van der Waals surface area (Å²) < 4.78 is 13.5. The van der Waals surface area contributed by atoms with Gasteiger partial charge in [0.1, 0.15) is 11.9 Å². The molecule has 0 bridgehead atoms. The van der Waals surface area contributed by atoms with E-state index in [-0.39, 0.29) is 12.6 Å². The maximum atomic E-state index is 12.8. The Morgan fingerprint density at radius 1 is 1.21 bits per heavy atom. The number of hydrogen-bond acceptors (Lipinski definition) is 7. The molecule has 3 rings (SSSR count). The predicted molar refractivity (Wildman–Crippen MR) is 130 cm³/mol. The number of alkyl halides is 1. The third-order valence-electron chi connectivity index (χ3n) is 5.67. The van der Waals surface area contributed by atoms with E-state index in [2.05, 4.69) is 53.6 Å². The molecule has 10 heteroatoms. The lowest BCUT2D eigenvalue weighted by Crippen LogP contribution is -2.36. The van der Waals surface area contributed by atoms with E-state index in [4.69, 9.17) is 4.98 Å². The van der Waals surface area contributed by atoms with E-state index >= 15 is 0 Å². The number of carboxylic acids is 1. The second kappa shape index (κ2) is 13.4. The lowest BCUT2D eigenvalue weighted by atomic mass is 10.1. The summed E-state index contributed by atoms with van der Waals surface area (Å²) in [5, 5.41) is 15.8. The molecule has 2 aromatic heterocycles. The van der Waals surface area contributed by atoms with Crippen molar-refractivity contribution in [1.29, 1.82) is 0 Å². The fourth-order valence-electron chi connectivity index (χ4n) is 3.88. The van der Waals surface area contributed by atoms with Crippen molar-refractivity contribution in [1.82, 2.24) is 19.9 Å². The Balaban J connectivity index is 1.45. The summed E-state index contributed by atoms with van der Waals surface area (Å²) in [4.78, 5) is 26.8. The molecule has 0 saturated heterocycles. The first kappa shape index (κ1) is 25.3. The monoisotopic (exact) mass is 522 g/mol. The van der Waals surface area contributed by atoms with Gasteiger partial charge in [0.05, 0.1) is 11.1 Å². The Morgan fingerprint density at radius 3 is 2.76 bits per heavy atom. The van der Waals surface area contributed by atoms with Gasteiger partial charge in [0.2, 0.25) is 5.95 Å². The van der Waals surface area contributed by atoms with Gasteiger partial charge in [-0.05, 0) is 79.1 Å². The number of aliphatic carboxylic acids is 1. The van der Waals surface area contributed by atoms with Gasteiger partial charge in [-0.3, -0.25) is 4.39 Å². The van der Waals surface area contributed by atoms with Crippen LogP contribution in [0.25, 0.3) is 0 Å². The molecule has 0 amide bonds. The number of aromatic nitrogens is 3. The number of carboxylic acid groups (broad SMARTS) is 1. The van der Waals surface area contributed by atoms with Crippen LogP contribution in [0.5, 0.6) is 0 Å². The molecule has 0 saturated carbocycles. The van der Waals surface area contributed by atoms with E-state index in [0.29, 0.717) is 25.9 Å². The summed E-state index contributed by atoms with van der Waals surface area (Å²) in [7, 11) is 0. The van der Waals surface area contributed by atoms with Gasteiger partial charge in [-0.1, -0.05) is 6.07 Å². The van der Waals surface area contributed by atoms with Gasteiger partial charge in [-0.25, -0.2) is 19.7 Å². The number of halogens is 2. The van der Waals surface area contributed by atoms with Crippen LogP contribution in [0.3, 0.4) is 0 Å². The molecule has 0 spiro atoms. The van der Waals surface area contributed by atoms with Crippen LogP contribution in [-0.2, 0) is 17.6 Å². The molecule has 1 aliphatic heterocycles. The van der Waals surface area contributed by atoms with E-state index in [9.17, 15) is 14.3 Å². The second-order valence-electron chi connectivity index (χ2n) is 8.23. The third kappa shape index (κ3) is 8.51. The topological polar surface area (TPSA) is 103 Å². The molecule has 0 radical (unpaired) electrons. The van der Waals surface area contributed by atoms with Gasteiger partial charge in [-0.2, -0.15) is 0 Å². The van der Waals surface area contributed by atoms with Crippen molar-refractivity contribution in [3.05, 3.63) is 40.3 Å². The summed E-state index contributed by atoms with van der Waals surface area (Å²) >= 11 is 3.26. The molecule has 1 unspecified atom stereocenters. The zero-order chi connectivity index (χ0) is 23.5. The highest BCUT2D eigenvalue weighted by atomic mass is 79.9. The number of fused-ring (bicyclic) bond motifs is 1. The molecule has 3 heterocycles. The fraction of sp³-hybridized carbons (Fsp3) is 0.565. The second-order valence-corrected chi connectivity index (χ2v) is 9.15. The number of aryl methyl sites for hydroxylation is 2. The van der Waals surface area contributed by atoms with E-state index in [1.807, 2.05) is 0 Å².